The molecule has 1 heterocycles. The zero-order chi connectivity index (χ0) is 17.7. The summed E-state index contributed by atoms with van der Waals surface area (Å²) in [6.45, 7) is 10.6. The molecule has 0 spiro atoms. The Morgan fingerprint density at radius 3 is 2.32 bits per heavy atom. The first kappa shape index (κ1) is 18.7. The third-order valence-electron chi connectivity index (χ3n) is 9.83. The molecule has 1 saturated heterocycles. The highest BCUT2D eigenvalue weighted by molar-refractivity contribution is 8.00. The second-order valence-electron chi connectivity index (χ2n) is 11.1. The van der Waals surface area contributed by atoms with Crippen LogP contribution in [0.15, 0.2) is 0 Å². The minimum absolute atomic E-state index is 0.569. The molecule has 0 aromatic carbocycles. The highest BCUT2D eigenvalue weighted by atomic mass is 32.2. The lowest BCUT2D eigenvalue weighted by molar-refractivity contribution is -0.0246. The van der Waals surface area contributed by atoms with E-state index in [1.54, 1.807) is 12.8 Å². The van der Waals surface area contributed by atoms with Gasteiger partial charge in [-0.3, -0.25) is 0 Å². The van der Waals surface area contributed by atoms with Crippen LogP contribution >= 0.6 is 11.8 Å². The van der Waals surface area contributed by atoms with E-state index in [2.05, 4.69) is 39.5 Å². The second-order valence-corrected chi connectivity index (χ2v) is 12.5. The van der Waals surface area contributed by atoms with Gasteiger partial charge in [0.25, 0.3) is 0 Å². The van der Waals surface area contributed by atoms with Gasteiger partial charge in [0.2, 0.25) is 0 Å². The van der Waals surface area contributed by atoms with Gasteiger partial charge in [-0.15, -0.1) is 0 Å². The average molecular weight is 363 g/mol. The van der Waals surface area contributed by atoms with Crippen molar-refractivity contribution in [2.75, 3.05) is 0 Å². The Morgan fingerprint density at radius 1 is 0.800 bits per heavy atom. The topological polar surface area (TPSA) is 0 Å². The summed E-state index contributed by atoms with van der Waals surface area (Å²) >= 11 is 2.49. The smallest absolute Gasteiger partial charge is 0.0135 e. The molecule has 2 bridgehead atoms. The van der Waals surface area contributed by atoms with Gasteiger partial charge in [0.1, 0.15) is 0 Å². The van der Waals surface area contributed by atoms with Crippen LogP contribution in [0.2, 0.25) is 0 Å². The number of fused-ring (bicyclic) bond motifs is 7. The summed E-state index contributed by atoms with van der Waals surface area (Å²) < 4.78 is 0. The Labute approximate surface area is 161 Å². The molecule has 1 heteroatoms. The average Bonchev–Trinajstić information content (AvgIpc) is 2.96. The van der Waals surface area contributed by atoms with E-state index in [9.17, 15) is 0 Å². The first-order chi connectivity index (χ1) is 11.9. The number of hydrogen-bond acceptors (Lipinski definition) is 1. The molecule has 7 atom stereocenters. The quantitative estimate of drug-likeness (QED) is 0.457. The summed E-state index contributed by atoms with van der Waals surface area (Å²) in [7, 11) is 0. The van der Waals surface area contributed by atoms with Crippen LogP contribution in [-0.2, 0) is 0 Å². The van der Waals surface area contributed by atoms with Gasteiger partial charge in [-0.25, -0.2) is 0 Å². The van der Waals surface area contributed by atoms with Crippen LogP contribution in [-0.4, -0.2) is 10.5 Å². The SMILES string of the molecule is CCC1(C)CCCCC2(C)CCCC1(C)CC1C3CCCCC3SC12. The second kappa shape index (κ2) is 6.75. The van der Waals surface area contributed by atoms with Crippen LogP contribution in [0.3, 0.4) is 0 Å². The van der Waals surface area contributed by atoms with Crippen molar-refractivity contribution in [1.29, 1.82) is 0 Å². The standard InChI is InChI=1S/C24H42S/c1-5-23(3)15-9-8-13-22(2)14-10-16-24(23,4)17-19-18-11-6-7-12-20(18)25-21(19)22/h18-21H,5-17H2,1-4H3. The van der Waals surface area contributed by atoms with Crippen molar-refractivity contribution in [3.8, 4) is 0 Å². The van der Waals surface area contributed by atoms with Gasteiger partial charge in [0, 0.05) is 10.5 Å². The van der Waals surface area contributed by atoms with Crippen LogP contribution in [0.1, 0.15) is 111 Å². The molecule has 25 heavy (non-hydrogen) atoms. The van der Waals surface area contributed by atoms with Gasteiger partial charge in [-0.05, 0) is 73.0 Å². The molecule has 5 aliphatic rings. The lowest BCUT2D eigenvalue weighted by Gasteiger charge is -2.54. The molecule has 0 nitrogen and oxygen atoms in total. The monoisotopic (exact) mass is 362 g/mol. The Hall–Kier alpha value is 0.350. The molecular formula is C24H42S. The van der Waals surface area contributed by atoms with Crippen molar-refractivity contribution in [2.24, 2.45) is 28.1 Å². The van der Waals surface area contributed by atoms with Crippen molar-refractivity contribution in [3.05, 3.63) is 0 Å². The normalized spacial score (nSPS) is 53.8. The summed E-state index contributed by atoms with van der Waals surface area (Å²) in [6.07, 6.45) is 19.5. The molecule has 5 fully saturated rings. The molecule has 0 amide bonds. The summed E-state index contributed by atoms with van der Waals surface area (Å²) in [5.41, 5.74) is 1.78. The molecule has 4 aliphatic carbocycles. The molecule has 5 rings (SSSR count). The minimum Gasteiger partial charge on any atom is -0.154 e. The lowest BCUT2D eigenvalue weighted by Crippen LogP contribution is -2.47. The van der Waals surface area contributed by atoms with Crippen LogP contribution < -0.4 is 0 Å². The van der Waals surface area contributed by atoms with E-state index in [0.29, 0.717) is 16.2 Å². The largest absolute Gasteiger partial charge is 0.154 e. The van der Waals surface area contributed by atoms with Gasteiger partial charge in [0.05, 0.1) is 0 Å². The lowest BCUT2D eigenvalue weighted by atomic mass is 9.51. The Kier molecular flexibility index (Phi) is 5.05. The van der Waals surface area contributed by atoms with E-state index in [-0.39, 0.29) is 0 Å². The molecule has 0 aromatic heterocycles. The van der Waals surface area contributed by atoms with E-state index in [1.165, 1.54) is 70.6 Å². The van der Waals surface area contributed by atoms with Crippen LogP contribution in [0.4, 0.5) is 0 Å². The van der Waals surface area contributed by atoms with Gasteiger partial charge in [0.15, 0.2) is 0 Å². The predicted molar refractivity (Wildman–Crippen MR) is 112 cm³/mol. The third-order valence-corrected chi connectivity index (χ3v) is 12.0. The summed E-state index contributed by atoms with van der Waals surface area (Å²) in [5, 5.41) is 1.98. The third kappa shape index (κ3) is 3.03. The molecule has 7 unspecified atom stereocenters. The Balaban J connectivity index is 1.74. The number of rotatable bonds is 1. The predicted octanol–water partition coefficient (Wildman–Crippen LogP) is 7.85. The van der Waals surface area contributed by atoms with Crippen molar-refractivity contribution in [1.82, 2.24) is 0 Å². The maximum atomic E-state index is 2.72. The molecule has 144 valence electrons. The van der Waals surface area contributed by atoms with Crippen molar-refractivity contribution in [3.63, 3.8) is 0 Å². The van der Waals surface area contributed by atoms with Gasteiger partial charge in [-0.1, -0.05) is 66.2 Å². The number of hydrogen-bond donors (Lipinski definition) is 0. The fourth-order valence-corrected chi connectivity index (χ4v) is 9.93. The fourth-order valence-electron chi connectivity index (χ4n) is 7.65. The van der Waals surface area contributed by atoms with Crippen molar-refractivity contribution in [2.45, 2.75) is 122 Å². The minimum atomic E-state index is 0.569. The molecule has 1 aliphatic heterocycles. The van der Waals surface area contributed by atoms with Crippen LogP contribution in [0.5, 0.6) is 0 Å². The molecular weight excluding hydrogens is 320 g/mol. The summed E-state index contributed by atoms with van der Waals surface area (Å²) in [5.74, 6) is 2.08. The molecule has 0 radical (unpaired) electrons. The molecule has 0 N–H and O–H groups in total. The van der Waals surface area contributed by atoms with Gasteiger partial charge < -0.3 is 0 Å². The van der Waals surface area contributed by atoms with E-state index >= 15 is 0 Å². The van der Waals surface area contributed by atoms with Crippen LogP contribution in [0.25, 0.3) is 0 Å². The summed E-state index contributed by atoms with van der Waals surface area (Å²) in [6, 6.07) is 0. The first-order valence-corrected chi connectivity index (χ1v) is 12.5. The number of thioether (sulfide) groups is 1. The van der Waals surface area contributed by atoms with Crippen molar-refractivity contribution >= 4 is 11.8 Å². The zero-order valence-electron chi connectivity index (χ0n) is 17.4. The van der Waals surface area contributed by atoms with E-state index < -0.39 is 0 Å². The first-order valence-electron chi connectivity index (χ1n) is 11.6. The van der Waals surface area contributed by atoms with E-state index in [0.717, 1.165) is 22.3 Å². The fraction of sp³-hybridized carbons (Fsp3) is 1.00. The van der Waals surface area contributed by atoms with Crippen LogP contribution in [0, 0.1) is 28.1 Å². The maximum absolute atomic E-state index is 2.72. The summed E-state index contributed by atoms with van der Waals surface area (Å²) in [4.78, 5) is 0. The molecule has 4 saturated carbocycles. The van der Waals surface area contributed by atoms with E-state index in [1.807, 2.05) is 0 Å². The van der Waals surface area contributed by atoms with E-state index in [4.69, 9.17) is 0 Å². The molecule has 0 aromatic rings. The van der Waals surface area contributed by atoms with Crippen molar-refractivity contribution < 1.29 is 0 Å². The van der Waals surface area contributed by atoms with Gasteiger partial charge in [-0.2, -0.15) is 11.8 Å². The Morgan fingerprint density at radius 2 is 1.52 bits per heavy atom. The Bertz CT molecular complexity index is 486. The van der Waals surface area contributed by atoms with Gasteiger partial charge >= 0.3 is 0 Å². The highest BCUT2D eigenvalue weighted by Gasteiger charge is 2.56. The zero-order valence-corrected chi connectivity index (χ0v) is 18.2. The highest BCUT2D eigenvalue weighted by Crippen LogP contribution is 2.65. The maximum Gasteiger partial charge on any atom is 0.0135 e.